The predicted molar refractivity (Wildman–Crippen MR) is 131 cm³/mol. The fourth-order valence-corrected chi connectivity index (χ4v) is 5.78. The van der Waals surface area contributed by atoms with Crippen LogP contribution in [-0.4, -0.2) is 33.2 Å². The average molecular weight is 460 g/mol. The number of nitrogens with one attached hydrogen (secondary N) is 1. The van der Waals surface area contributed by atoms with E-state index in [1.165, 1.54) is 11.1 Å². The molecule has 1 aromatic carbocycles. The molecule has 3 N–H and O–H groups in total. The second kappa shape index (κ2) is 8.85. The van der Waals surface area contributed by atoms with Crippen molar-refractivity contribution in [2.45, 2.75) is 70.0 Å². The van der Waals surface area contributed by atoms with Crippen molar-refractivity contribution >= 4 is 17.8 Å². The van der Waals surface area contributed by atoms with Crippen LogP contribution >= 0.6 is 0 Å². The van der Waals surface area contributed by atoms with Gasteiger partial charge in [-0.25, -0.2) is 4.99 Å². The van der Waals surface area contributed by atoms with Gasteiger partial charge in [0.05, 0.1) is 24.0 Å². The third-order valence-electron chi connectivity index (χ3n) is 8.00. The largest absolute Gasteiger partial charge is 0.369 e. The van der Waals surface area contributed by atoms with E-state index in [4.69, 9.17) is 10.7 Å². The molecule has 7 nitrogen and oxygen atoms in total. The summed E-state index contributed by atoms with van der Waals surface area (Å²) in [5.41, 5.74) is 9.42. The smallest absolute Gasteiger partial charge is 0.232 e. The molecule has 2 aromatic rings. The number of carbonyl (C=O) groups is 2. The van der Waals surface area contributed by atoms with E-state index < -0.39 is 5.54 Å². The Morgan fingerprint density at radius 1 is 1.24 bits per heavy atom. The molecule has 2 heterocycles. The number of fused-ring (bicyclic) bond motifs is 1. The maximum Gasteiger partial charge on any atom is 0.232 e. The highest BCUT2D eigenvalue weighted by Gasteiger charge is 2.53. The lowest BCUT2D eigenvalue weighted by Gasteiger charge is -2.40. The van der Waals surface area contributed by atoms with Gasteiger partial charge in [-0.1, -0.05) is 44.2 Å². The molecule has 1 fully saturated rings. The molecule has 7 heteroatoms. The Balaban J connectivity index is 1.38. The monoisotopic (exact) mass is 459 g/mol. The third kappa shape index (κ3) is 3.97. The van der Waals surface area contributed by atoms with E-state index in [0.29, 0.717) is 12.8 Å². The summed E-state index contributed by atoms with van der Waals surface area (Å²) in [4.78, 5) is 37.4. The number of hydrogen-bond donors (Lipinski definition) is 2. The number of guanidine groups is 1. The van der Waals surface area contributed by atoms with Gasteiger partial charge in [-0.05, 0) is 60.8 Å². The molecule has 4 atom stereocenters. The van der Waals surface area contributed by atoms with Gasteiger partial charge >= 0.3 is 0 Å². The normalized spacial score (nSPS) is 25.9. The van der Waals surface area contributed by atoms with E-state index >= 15 is 0 Å². The van der Waals surface area contributed by atoms with Crippen molar-refractivity contribution < 1.29 is 9.59 Å². The van der Waals surface area contributed by atoms with Crippen LogP contribution in [0.2, 0.25) is 0 Å². The number of nitrogens with zero attached hydrogens (tertiary/aromatic N) is 3. The molecule has 2 aliphatic carbocycles. The lowest BCUT2D eigenvalue weighted by atomic mass is 9.87. The van der Waals surface area contributed by atoms with Crippen LogP contribution in [0.3, 0.4) is 0 Å². The molecule has 3 aliphatic rings. The molecule has 0 spiro atoms. The van der Waals surface area contributed by atoms with Crippen LogP contribution < -0.4 is 11.1 Å². The van der Waals surface area contributed by atoms with Gasteiger partial charge in [-0.15, -0.1) is 0 Å². The van der Waals surface area contributed by atoms with Gasteiger partial charge in [-0.3, -0.25) is 19.5 Å². The highest BCUT2D eigenvalue weighted by molar-refractivity contribution is 5.99. The zero-order chi connectivity index (χ0) is 23.9. The van der Waals surface area contributed by atoms with E-state index in [2.05, 4.69) is 22.4 Å². The first kappa shape index (κ1) is 22.6. The fourth-order valence-electron chi connectivity index (χ4n) is 5.78. The first-order valence-corrected chi connectivity index (χ1v) is 12.4. The first-order chi connectivity index (χ1) is 16.5. The van der Waals surface area contributed by atoms with Crippen LogP contribution in [0.4, 0.5) is 0 Å². The average Bonchev–Trinajstić information content (AvgIpc) is 3.55. The summed E-state index contributed by atoms with van der Waals surface area (Å²) in [5.74, 6) is 0.0966. The van der Waals surface area contributed by atoms with Gasteiger partial charge in [0.25, 0.3) is 0 Å². The lowest BCUT2D eigenvalue weighted by Crippen LogP contribution is -2.53. The summed E-state index contributed by atoms with van der Waals surface area (Å²) in [7, 11) is 0. The predicted octanol–water partition coefficient (Wildman–Crippen LogP) is 3.67. The number of hydrogen-bond acceptors (Lipinski definition) is 5. The van der Waals surface area contributed by atoms with Gasteiger partial charge in [0, 0.05) is 18.3 Å². The lowest BCUT2D eigenvalue weighted by molar-refractivity contribution is -0.132. The molecule has 1 saturated carbocycles. The van der Waals surface area contributed by atoms with E-state index in [1.54, 1.807) is 17.3 Å². The second-order valence-corrected chi connectivity index (χ2v) is 9.88. The second-order valence-electron chi connectivity index (χ2n) is 9.88. The van der Waals surface area contributed by atoms with Gasteiger partial charge in [0.15, 0.2) is 5.96 Å². The number of amides is 2. The summed E-state index contributed by atoms with van der Waals surface area (Å²) in [6.07, 6.45) is 7.96. The molecule has 0 radical (unpaired) electrons. The number of aliphatic imine (C=N–C) groups is 1. The fraction of sp³-hybridized carbons (Fsp3) is 0.481. The minimum Gasteiger partial charge on any atom is -0.369 e. The molecule has 0 saturated heterocycles. The molecule has 1 aromatic heterocycles. The van der Waals surface area contributed by atoms with Crippen LogP contribution in [0, 0.1) is 11.8 Å². The highest BCUT2D eigenvalue weighted by Crippen LogP contribution is 2.51. The topological polar surface area (TPSA) is 101 Å². The Kier molecular flexibility index (Phi) is 5.88. The number of rotatable bonds is 7. The SMILES string of the molecule is CCC1(CC)CC(=O)N(C(c2cccnc2)[C@@H]2C[C@H]2C(=O)N[C@H]2CCc3ccccc32)C(N)=N1. The van der Waals surface area contributed by atoms with Crippen molar-refractivity contribution in [2.75, 3.05) is 0 Å². The van der Waals surface area contributed by atoms with E-state index in [-0.39, 0.29) is 41.7 Å². The van der Waals surface area contributed by atoms with Gasteiger partial charge in [0.1, 0.15) is 0 Å². The summed E-state index contributed by atoms with van der Waals surface area (Å²) >= 11 is 0. The van der Waals surface area contributed by atoms with E-state index in [1.807, 2.05) is 38.1 Å². The van der Waals surface area contributed by atoms with Crippen molar-refractivity contribution in [3.8, 4) is 0 Å². The first-order valence-electron chi connectivity index (χ1n) is 12.4. The third-order valence-corrected chi connectivity index (χ3v) is 8.00. The maximum atomic E-state index is 13.4. The molecule has 0 bridgehead atoms. The molecule has 5 rings (SSSR count). The summed E-state index contributed by atoms with van der Waals surface area (Å²) in [6, 6.07) is 11.8. The molecule has 1 aliphatic heterocycles. The minimum atomic E-state index is -0.437. The Morgan fingerprint density at radius 2 is 2.03 bits per heavy atom. The number of carbonyl (C=O) groups excluding carboxylic acids is 2. The minimum absolute atomic E-state index is 0.0192. The maximum absolute atomic E-state index is 13.4. The number of aryl methyl sites for hydroxylation is 1. The quantitative estimate of drug-likeness (QED) is 0.660. The van der Waals surface area contributed by atoms with Crippen LogP contribution in [-0.2, 0) is 16.0 Å². The summed E-state index contributed by atoms with van der Waals surface area (Å²) < 4.78 is 0. The number of benzene rings is 1. The van der Waals surface area contributed by atoms with E-state index in [0.717, 1.165) is 31.2 Å². The molecular formula is C27H33N5O2. The number of nitrogens with two attached hydrogens (primary N) is 1. The van der Waals surface area contributed by atoms with Gasteiger partial charge in [0.2, 0.25) is 11.8 Å². The molecule has 2 amide bonds. The number of pyridine rings is 1. The summed E-state index contributed by atoms with van der Waals surface area (Å²) in [5, 5.41) is 3.27. The van der Waals surface area contributed by atoms with Crippen molar-refractivity contribution in [3.63, 3.8) is 0 Å². The van der Waals surface area contributed by atoms with Crippen LogP contribution in [0.5, 0.6) is 0 Å². The Morgan fingerprint density at radius 3 is 2.74 bits per heavy atom. The molecule has 1 unspecified atom stereocenters. The van der Waals surface area contributed by atoms with Gasteiger partial charge in [-0.2, -0.15) is 0 Å². The standard InChI is InChI=1S/C27H33N5O2/c1-3-27(4-2)15-23(33)32(26(28)31-27)24(18-9-7-13-29-16-18)20-14-21(20)25(34)30-22-12-11-17-8-5-6-10-19(17)22/h5-10,13,16,20-22,24H,3-4,11-12,14-15H2,1-2H3,(H2,28,31)(H,30,34)/t20-,21-,22+,24?/m1/s1. The van der Waals surface area contributed by atoms with E-state index in [9.17, 15) is 9.59 Å². The van der Waals surface area contributed by atoms with Crippen molar-refractivity contribution in [1.82, 2.24) is 15.2 Å². The van der Waals surface area contributed by atoms with Gasteiger partial charge < -0.3 is 11.1 Å². The molecular weight excluding hydrogens is 426 g/mol. The molecule has 34 heavy (non-hydrogen) atoms. The zero-order valence-corrected chi connectivity index (χ0v) is 19.9. The van der Waals surface area contributed by atoms with Crippen molar-refractivity contribution in [3.05, 3.63) is 65.5 Å². The number of aromatic nitrogens is 1. The Hall–Kier alpha value is -3.22. The van der Waals surface area contributed by atoms with Crippen molar-refractivity contribution in [1.29, 1.82) is 0 Å². The Labute approximate surface area is 200 Å². The Bertz CT molecular complexity index is 1110. The molecule has 178 valence electrons. The van der Waals surface area contributed by atoms with Crippen molar-refractivity contribution in [2.24, 2.45) is 22.6 Å². The van der Waals surface area contributed by atoms with Crippen LogP contribution in [0.15, 0.2) is 53.8 Å². The van der Waals surface area contributed by atoms with Crippen LogP contribution in [0.1, 0.15) is 74.7 Å². The van der Waals surface area contributed by atoms with Crippen LogP contribution in [0.25, 0.3) is 0 Å². The zero-order valence-electron chi connectivity index (χ0n) is 19.9. The highest BCUT2D eigenvalue weighted by atomic mass is 16.2. The summed E-state index contributed by atoms with van der Waals surface area (Å²) in [6.45, 7) is 4.09.